The van der Waals surface area contributed by atoms with Gasteiger partial charge in [-0.3, -0.25) is 14.4 Å². The van der Waals surface area contributed by atoms with Gasteiger partial charge in [0.15, 0.2) is 6.04 Å². The number of para-hydroxylation sites is 1. The molecule has 2 atom stereocenters. The summed E-state index contributed by atoms with van der Waals surface area (Å²) < 4.78 is 5.26. The van der Waals surface area contributed by atoms with Gasteiger partial charge in [-0.1, -0.05) is 12.1 Å². The number of fused-ring (bicyclic) bond motifs is 1. The monoisotopic (exact) mass is 328 g/mol. The molecule has 3 amide bonds. The Hall–Kier alpha value is -2.61. The van der Waals surface area contributed by atoms with Gasteiger partial charge in [-0.2, -0.15) is 10.2 Å². The van der Waals surface area contributed by atoms with Crippen molar-refractivity contribution in [3.8, 4) is 0 Å². The lowest BCUT2D eigenvalue weighted by Gasteiger charge is -2.28. The summed E-state index contributed by atoms with van der Waals surface area (Å²) in [5.41, 5.74) is 0.673. The van der Waals surface area contributed by atoms with Gasteiger partial charge in [0, 0.05) is 13.1 Å². The molecule has 0 saturated carbocycles. The fourth-order valence-electron chi connectivity index (χ4n) is 3.27. The van der Waals surface area contributed by atoms with E-state index in [9.17, 15) is 14.4 Å². The summed E-state index contributed by atoms with van der Waals surface area (Å²) in [4.78, 5) is 40.7. The molecule has 0 radical (unpaired) electrons. The number of carbonyl (C=O) groups is 3. The molecule has 2 saturated heterocycles. The molecule has 1 aromatic carbocycles. The molecule has 1 aromatic rings. The van der Waals surface area contributed by atoms with Crippen molar-refractivity contribution in [2.75, 3.05) is 37.7 Å². The maximum Gasteiger partial charge on any atom is 0.261 e. The molecule has 0 bridgehead atoms. The first-order valence-corrected chi connectivity index (χ1v) is 7.89. The van der Waals surface area contributed by atoms with Crippen molar-refractivity contribution >= 4 is 23.4 Å². The van der Waals surface area contributed by atoms with Crippen LogP contribution in [0.3, 0.4) is 0 Å². The Labute approximate surface area is 138 Å². The molecule has 3 heterocycles. The first-order chi connectivity index (χ1) is 11.7. The van der Waals surface area contributed by atoms with Crippen LogP contribution in [0.25, 0.3) is 0 Å². The van der Waals surface area contributed by atoms with Gasteiger partial charge in [0.1, 0.15) is 0 Å². The third kappa shape index (κ3) is 2.22. The number of anilines is 1. The highest BCUT2D eigenvalue weighted by Gasteiger charge is 2.51. The Morgan fingerprint density at radius 1 is 1.12 bits per heavy atom. The largest absolute Gasteiger partial charge is 0.378 e. The van der Waals surface area contributed by atoms with Crippen LogP contribution < -0.4 is 4.90 Å². The van der Waals surface area contributed by atoms with Crippen molar-refractivity contribution in [1.82, 2.24) is 4.90 Å². The van der Waals surface area contributed by atoms with Crippen LogP contribution in [-0.2, 0) is 14.3 Å². The van der Waals surface area contributed by atoms with E-state index < -0.39 is 17.9 Å². The minimum atomic E-state index is -0.746. The average Bonchev–Trinajstić information content (AvgIpc) is 3.19. The molecule has 8 nitrogen and oxygen atoms in total. The SMILES string of the molecule is O=C(c1ccccc1N1C(=O)C2CN=NC2C1=O)N1CCOCC1. The van der Waals surface area contributed by atoms with Crippen LogP contribution >= 0.6 is 0 Å². The molecule has 0 aromatic heterocycles. The molecule has 0 spiro atoms. The van der Waals surface area contributed by atoms with Gasteiger partial charge in [0.05, 0.1) is 36.9 Å². The number of azo groups is 1. The number of imide groups is 1. The van der Waals surface area contributed by atoms with Crippen molar-refractivity contribution in [3.05, 3.63) is 29.8 Å². The van der Waals surface area contributed by atoms with E-state index in [0.717, 1.165) is 4.90 Å². The maximum atomic E-state index is 12.8. The van der Waals surface area contributed by atoms with Crippen LogP contribution in [0.15, 0.2) is 34.5 Å². The normalized spacial score (nSPS) is 26.2. The van der Waals surface area contributed by atoms with Crippen LogP contribution in [-0.4, -0.2) is 61.5 Å². The standard InChI is InChI=1S/C16H16N4O4/c21-14(19-5-7-24-8-6-19)10-3-1-2-4-12(10)20-15(22)11-9-17-18-13(11)16(20)23/h1-4,11,13H,5-9H2. The third-order valence-electron chi connectivity index (χ3n) is 4.55. The van der Waals surface area contributed by atoms with Gasteiger partial charge in [-0.05, 0) is 12.1 Å². The van der Waals surface area contributed by atoms with Crippen LogP contribution in [0, 0.1) is 5.92 Å². The zero-order chi connectivity index (χ0) is 16.7. The number of carbonyl (C=O) groups excluding carboxylic acids is 3. The van der Waals surface area contributed by atoms with Gasteiger partial charge in [-0.15, -0.1) is 0 Å². The summed E-state index contributed by atoms with van der Waals surface area (Å²) in [6.07, 6.45) is 0. The number of hydrogen-bond donors (Lipinski definition) is 0. The molecule has 124 valence electrons. The number of amides is 3. The lowest BCUT2D eigenvalue weighted by Crippen LogP contribution is -2.42. The second-order valence-corrected chi connectivity index (χ2v) is 5.92. The fourth-order valence-corrected chi connectivity index (χ4v) is 3.27. The first kappa shape index (κ1) is 14.9. The molecular weight excluding hydrogens is 312 g/mol. The lowest BCUT2D eigenvalue weighted by molar-refractivity contribution is -0.122. The predicted molar refractivity (Wildman–Crippen MR) is 82.7 cm³/mol. The number of hydrogen-bond acceptors (Lipinski definition) is 6. The third-order valence-corrected chi connectivity index (χ3v) is 4.55. The van der Waals surface area contributed by atoms with Gasteiger partial charge in [0.25, 0.3) is 11.8 Å². The number of nitrogens with zero attached hydrogens (tertiary/aromatic N) is 4. The van der Waals surface area contributed by atoms with E-state index in [2.05, 4.69) is 10.2 Å². The zero-order valence-electron chi connectivity index (χ0n) is 12.9. The molecule has 4 rings (SSSR count). The molecular formula is C16H16N4O4. The highest BCUT2D eigenvalue weighted by Crippen LogP contribution is 2.34. The number of benzene rings is 1. The number of rotatable bonds is 2. The van der Waals surface area contributed by atoms with Crippen molar-refractivity contribution in [1.29, 1.82) is 0 Å². The molecule has 2 fully saturated rings. The summed E-state index contributed by atoms with van der Waals surface area (Å²) in [5, 5.41) is 7.67. The van der Waals surface area contributed by atoms with E-state index >= 15 is 0 Å². The van der Waals surface area contributed by atoms with Gasteiger partial charge in [-0.25, -0.2) is 4.90 Å². The smallest absolute Gasteiger partial charge is 0.261 e. The Morgan fingerprint density at radius 2 is 1.88 bits per heavy atom. The molecule has 0 N–H and O–H groups in total. The van der Waals surface area contributed by atoms with E-state index in [0.29, 0.717) is 37.6 Å². The second kappa shape index (κ2) is 5.79. The summed E-state index contributed by atoms with van der Waals surface area (Å²) in [6, 6.07) is 5.96. The van der Waals surface area contributed by atoms with Gasteiger partial charge in [0.2, 0.25) is 5.91 Å². The highest BCUT2D eigenvalue weighted by atomic mass is 16.5. The molecule has 3 aliphatic heterocycles. The minimum Gasteiger partial charge on any atom is -0.378 e. The van der Waals surface area contributed by atoms with Gasteiger partial charge >= 0.3 is 0 Å². The summed E-state index contributed by atoms with van der Waals surface area (Å²) >= 11 is 0. The van der Waals surface area contributed by atoms with Crippen molar-refractivity contribution in [3.63, 3.8) is 0 Å². The van der Waals surface area contributed by atoms with Crippen LogP contribution in [0.4, 0.5) is 5.69 Å². The Balaban J connectivity index is 1.69. The topological polar surface area (TPSA) is 91.6 Å². The molecule has 0 aliphatic carbocycles. The Kier molecular flexibility index (Phi) is 3.61. The molecule has 3 aliphatic rings. The summed E-state index contributed by atoms with van der Waals surface area (Å²) in [6.45, 7) is 2.19. The molecule has 24 heavy (non-hydrogen) atoms. The summed E-state index contributed by atoms with van der Waals surface area (Å²) in [7, 11) is 0. The lowest BCUT2D eigenvalue weighted by atomic mass is 10.1. The molecule has 8 heteroatoms. The van der Waals surface area contributed by atoms with Crippen molar-refractivity contribution in [2.24, 2.45) is 16.1 Å². The Morgan fingerprint density at radius 3 is 2.62 bits per heavy atom. The highest BCUT2D eigenvalue weighted by molar-refractivity contribution is 6.25. The predicted octanol–water partition coefficient (Wildman–Crippen LogP) is 0.483. The average molecular weight is 328 g/mol. The van der Waals surface area contributed by atoms with E-state index in [4.69, 9.17) is 4.74 Å². The minimum absolute atomic E-state index is 0.201. The number of ether oxygens (including phenoxy) is 1. The van der Waals surface area contributed by atoms with E-state index in [-0.39, 0.29) is 18.4 Å². The first-order valence-electron chi connectivity index (χ1n) is 7.89. The maximum absolute atomic E-state index is 12.8. The molecule has 2 unspecified atom stereocenters. The van der Waals surface area contributed by atoms with Crippen molar-refractivity contribution in [2.45, 2.75) is 6.04 Å². The van der Waals surface area contributed by atoms with E-state index in [1.807, 2.05) is 0 Å². The number of morpholine rings is 1. The van der Waals surface area contributed by atoms with Crippen LogP contribution in [0.5, 0.6) is 0 Å². The van der Waals surface area contributed by atoms with E-state index in [1.165, 1.54) is 0 Å². The second-order valence-electron chi connectivity index (χ2n) is 5.92. The summed E-state index contributed by atoms with van der Waals surface area (Å²) in [5.74, 6) is -1.48. The Bertz CT molecular complexity index is 741. The van der Waals surface area contributed by atoms with Crippen LogP contribution in [0.1, 0.15) is 10.4 Å². The van der Waals surface area contributed by atoms with E-state index in [1.54, 1.807) is 29.2 Å². The zero-order valence-corrected chi connectivity index (χ0v) is 12.9. The quantitative estimate of drug-likeness (QED) is 0.738. The fraction of sp³-hybridized carbons (Fsp3) is 0.438. The van der Waals surface area contributed by atoms with Crippen LogP contribution in [0.2, 0.25) is 0 Å². The van der Waals surface area contributed by atoms with Gasteiger partial charge < -0.3 is 9.64 Å². The van der Waals surface area contributed by atoms with Crippen molar-refractivity contribution < 1.29 is 19.1 Å².